The predicted octanol–water partition coefficient (Wildman–Crippen LogP) is 3.79. The number of phenolic OH excluding ortho intramolecular Hbond substituents is 1. The summed E-state index contributed by atoms with van der Waals surface area (Å²) >= 11 is 0. The number of hydrogen-bond donors (Lipinski definition) is 1. The molecule has 0 unspecified atom stereocenters. The largest absolute Gasteiger partial charge is 0.507 e. The summed E-state index contributed by atoms with van der Waals surface area (Å²) in [5.74, 6) is -0.406. The lowest BCUT2D eigenvalue weighted by Gasteiger charge is -2.31. The van der Waals surface area contributed by atoms with E-state index in [0.29, 0.717) is 25.4 Å². The lowest BCUT2D eigenvalue weighted by molar-refractivity contribution is -0.138. The number of carbonyl (C=O) groups is 2. The summed E-state index contributed by atoms with van der Waals surface area (Å²) in [5.41, 5.74) is 6.38. The fourth-order valence-corrected chi connectivity index (χ4v) is 5.73. The van der Waals surface area contributed by atoms with E-state index in [-0.39, 0.29) is 35.7 Å². The van der Waals surface area contributed by atoms with Gasteiger partial charge in [-0.3, -0.25) is 14.5 Å². The van der Waals surface area contributed by atoms with Gasteiger partial charge in [-0.05, 0) is 80.0 Å². The van der Waals surface area contributed by atoms with E-state index in [1.54, 1.807) is 14.2 Å². The zero-order valence-electron chi connectivity index (χ0n) is 19.6. The van der Waals surface area contributed by atoms with E-state index in [0.717, 1.165) is 35.1 Å². The van der Waals surface area contributed by atoms with Gasteiger partial charge in [-0.25, -0.2) is 0 Å². The highest BCUT2D eigenvalue weighted by atomic mass is 16.5. The highest BCUT2D eigenvalue weighted by molar-refractivity contribution is 6.05. The van der Waals surface area contributed by atoms with Gasteiger partial charge in [0.25, 0.3) is 0 Å². The number of likely N-dealkylation sites (tertiary alicyclic amines) is 1. The van der Waals surface area contributed by atoms with Gasteiger partial charge in [0.1, 0.15) is 5.75 Å². The maximum absolute atomic E-state index is 12.8. The molecule has 1 aromatic carbocycles. The molecule has 0 spiro atoms. The minimum atomic E-state index is -0.298. The van der Waals surface area contributed by atoms with Crippen LogP contribution in [0.25, 0.3) is 6.08 Å². The molecule has 2 aliphatic heterocycles. The van der Waals surface area contributed by atoms with Crippen LogP contribution in [-0.2, 0) is 19.1 Å². The number of nitrogens with zero attached hydrogens (tertiary/aromatic N) is 1. The Morgan fingerprint density at radius 3 is 2.56 bits per heavy atom. The van der Waals surface area contributed by atoms with Gasteiger partial charge in [-0.1, -0.05) is 11.6 Å². The average molecular weight is 440 g/mol. The number of aryl methyl sites for hydroxylation is 2. The third-order valence-corrected chi connectivity index (χ3v) is 7.27. The van der Waals surface area contributed by atoms with Crippen molar-refractivity contribution in [3.63, 3.8) is 0 Å². The third-order valence-electron chi connectivity index (χ3n) is 7.27. The van der Waals surface area contributed by atoms with E-state index in [9.17, 15) is 14.7 Å². The van der Waals surface area contributed by atoms with Crippen molar-refractivity contribution in [3.05, 3.63) is 45.5 Å². The van der Waals surface area contributed by atoms with E-state index in [4.69, 9.17) is 9.47 Å². The molecule has 2 saturated heterocycles. The Morgan fingerprint density at radius 1 is 1.22 bits per heavy atom. The molecule has 4 atom stereocenters. The number of phenols is 1. The minimum Gasteiger partial charge on any atom is -0.507 e. The first-order chi connectivity index (χ1) is 15.2. The first-order valence-corrected chi connectivity index (χ1v) is 11.3. The normalized spacial score (nSPS) is 27.9. The number of carbonyl (C=O) groups excluding carboxylic acids is 2. The van der Waals surface area contributed by atoms with Crippen LogP contribution in [0.2, 0.25) is 0 Å². The minimum absolute atomic E-state index is 0.0306. The maximum atomic E-state index is 12.8. The van der Waals surface area contributed by atoms with Crippen LogP contribution in [0.5, 0.6) is 5.75 Å². The van der Waals surface area contributed by atoms with Crippen LogP contribution in [0.4, 0.5) is 0 Å². The van der Waals surface area contributed by atoms with E-state index >= 15 is 0 Å². The molecule has 3 aliphatic rings. The first kappa shape index (κ1) is 22.7. The van der Waals surface area contributed by atoms with Gasteiger partial charge >= 0.3 is 0 Å². The third kappa shape index (κ3) is 3.90. The van der Waals surface area contributed by atoms with Gasteiger partial charge in [0.2, 0.25) is 11.8 Å². The molecule has 1 N–H and O–H groups in total. The highest BCUT2D eigenvalue weighted by Gasteiger charge is 2.55. The summed E-state index contributed by atoms with van der Waals surface area (Å²) in [6, 6.07) is 3.99. The molecule has 0 bridgehead atoms. The number of amides is 2. The highest BCUT2D eigenvalue weighted by Crippen LogP contribution is 2.49. The summed E-state index contributed by atoms with van der Waals surface area (Å²) in [4.78, 5) is 26.7. The van der Waals surface area contributed by atoms with Crippen molar-refractivity contribution in [1.82, 2.24) is 4.90 Å². The van der Waals surface area contributed by atoms with Crippen molar-refractivity contribution in [3.8, 4) is 5.75 Å². The number of methoxy groups -OCH3 is 1. The summed E-state index contributed by atoms with van der Waals surface area (Å²) < 4.78 is 11.7. The molecule has 0 aromatic heterocycles. The number of allylic oxidation sites excluding steroid dienone is 1. The molecular formula is C26H33NO5. The van der Waals surface area contributed by atoms with Gasteiger partial charge < -0.3 is 14.6 Å². The number of rotatable bonds is 6. The molecule has 1 aliphatic carbocycles. The topological polar surface area (TPSA) is 76.1 Å². The lowest BCUT2D eigenvalue weighted by atomic mass is 9.69. The maximum Gasteiger partial charge on any atom is 0.233 e. The average Bonchev–Trinajstić information content (AvgIpc) is 3.26. The van der Waals surface area contributed by atoms with Gasteiger partial charge in [0, 0.05) is 20.1 Å². The quantitative estimate of drug-likeness (QED) is 0.539. The number of hydrogen-bond acceptors (Lipinski definition) is 5. The smallest absolute Gasteiger partial charge is 0.233 e. The van der Waals surface area contributed by atoms with Gasteiger partial charge in [-0.15, -0.1) is 0 Å². The van der Waals surface area contributed by atoms with Crippen molar-refractivity contribution in [2.24, 2.45) is 17.8 Å². The Kier molecular flexibility index (Phi) is 6.28. The summed E-state index contributed by atoms with van der Waals surface area (Å²) in [5, 5.41) is 10.0. The van der Waals surface area contributed by atoms with Crippen LogP contribution >= 0.6 is 0 Å². The standard InChI is InChI=1S/C26H33NO5/c1-14(8-17-9-15(2)24(28)16(3)10-17)6-7-21-22-18(12-31-5)11-19-23(20(22)13-32-21)26(30)27(4)25(19)29/h8-10,19-21,23,28H,6-7,11-13H2,1-5H3/b14-8+/t19-,20+,21-,23-/m1/s1. The monoisotopic (exact) mass is 439 g/mol. The molecule has 2 heterocycles. The van der Waals surface area contributed by atoms with Crippen LogP contribution in [0.3, 0.4) is 0 Å². The van der Waals surface area contributed by atoms with Gasteiger partial charge in [0.05, 0.1) is 31.2 Å². The number of fused-ring (bicyclic) bond motifs is 3. The van der Waals surface area contributed by atoms with Crippen molar-refractivity contribution in [2.45, 2.75) is 46.1 Å². The molecule has 2 amide bonds. The zero-order chi connectivity index (χ0) is 23.2. The first-order valence-electron chi connectivity index (χ1n) is 11.3. The Hall–Kier alpha value is -2.44. The molecule has 0 saturated carbocycles. The van der Waals surface area contributed by atoms with Crippen molar-refractivity contribution in [1.29, 1.82) is 0 Å². The number of ether oxygens (including phenoxy) is 2. The van der Waals surface area contributed by atoms with E-state index < -0.39 is 0 Å². The van der Waals surface area contributed by atoms with E-state index in [1.807, 2.05) is 26.0 Å². The van der Waals surface area contributed by atoms with Gasteiger partial charge in [-0.2, -0.15) is 0 Å². The summed E-state index contributed by atoms with van der Waals surface area (Å²) in [6.07, 6.45) is 4.38. The summed E-state index contributed by atoms with van der Waals surface area (Å²) in [6.45, 7) is 6.89. The second kappa shape index (κ2) is 8.83. The Morgan fingerprint density at radius 2 is 1.91 bits per heavy atom. The zero-order valence-corrected chi connectivity index (χ0v) is 19.6. The van der Waals surface area contributed by atoms with Crippen molar-refractivity contribution < 1.29 is 24.2 Å². The molecule has 4 rings (SSSR count). The fourth-order valence-electron chi connectivity index (χ4n) is 5.73. The molecule has 32 heavy (non-hydrogen) atoms. The number of benzene rings is 1. The van der Waals surface area contributed by atoms with Crippen LogP contribution in [0.15, 0.2) is 28.9 Å². The molecule has 1 aromatic rings. The van der Waals surface area contributed by atoms with Crippen LogP contribution < -0.4 is 0 Å². The van der Waals surface area contributed by atoms with E-state index in [2.05, 4.69) is 13.0 Å². The Labute approximate surface area is 189 Å². The predicted molar refractivity (Wildman–Crippen MR) is 122 cm³/mol. The Balaban J connectivity index is 1.53. The molecule has 6 nitrogen and oxygen atoms in total. The molecule has 2 fully saturated rings. The van der Waals surface area contributed by atoms with Crippen LogP contribution in [-0.4, -0.2) is 55.3 Å². The molecular weight excluding hydrogens is 406 g/mol. The van der Waals surface area contributed by atoms with Gasteiger partial charge in [0.15, 0.2) is 0 Å². The van der Waals surface area contributed by atoms with Crippen LogP contribution in [0.1, 0.15) is 42.9 Å². The number of imide groups is 1. The number of aromatic hydroxyl groups is 1. The van der Waals surface area contributed by atoms with Crippen LogP contribution in [0, 0.1) is 31.6 Å². The fraction of sp³-hybridized carbons (Fsp3) is 0.538. The Bertz CT molecular complexity index is 984. The SMILES string of the molecule is COCC1=C2[C@@H](CC/C(C)=C/c3cc(C)c(O)c(C)c3)OC[C@@H]2[C@@H]2C(=O)N(C)C(=O)[C@@H]2C1. The summed E-state index contributed by atoms with van der Waals surface area (Å²) in [7, 11) is 3.26. The second-order valence-electron chi connectivity index (χ2n) is 9.52. The molecule has 0 radical (unpaired) electrons. The van der Waals surface area contributed by atoms with E-state index in [1.165, 1.54) is 16.0 Å². The second-order valence-corrected chi connectivity index (χ2v) is 9.52. The molecule has 172 valence electrons. The lowest BCUT2D eigenvalue weighted by Crippen LogP contribution is -2.34. The van der Waals surface area contributed by atoms with Crippen molar-refractivity contribution in [2.75, 3.05) is 27.4 Å². The van der Waals surface area contributed by atoms with Crippen molar-refractivity contribution >= 4 is 17.9 Å². The molecule has 6 heteroatoms.